The molecule has 4 aromatic rings. The van der Waals surface area contributed by atoms with Crippen molar-refractivity contribution in [2.75, 3.05) is 23.4 Å². The molecule has 0 unspecified atom stereocenters. The molecule has 0 aliphatic heterocycles. The molecule has 4 rings (SSSR count). The number of pyridine rings is 2. The lowest BCUT2D eigenvalue weighted by Crippen LogP contribution is -2.62. The van der Waals surface area contributed by atoms with E-state index in [9.17, 15) is 9.59 Å². The molecule has 0 radical (unpaired) electrons. The first-order chi connectivity index (χ1) is 16.9. The number of hydrogen-bond donors (Lipinski definition) is 4. The minimum atomic E-state index is -0.439. The zero-order valence-corrected chi connectivity index (χ0v) is 19.4. The van der Waals surface area contributed by atoms with E-state index in [0.717, 1.165) is 22.2 Å². The number of benzene rings is 2. The van der Waals surface area contributed by atoms with Gasteiger partial charge in [-0.1, -0.05) is 18.2 Å². The van der Waals surface area contributed by atoms with Gasteiger partial charge in [0, 0.05) is 34.2 Å². The number of carbonyl (C=O) groups excluding carboxylic acids is 2. The van der Waals surface area contributed by atoms with Crippen molar-refractivity contribution in [3.8, 4) is 0 Å². The number of nitrogens with one attached hydrogen (secondary N) is 3. The number of fused-ring (bicyclic) bond motifs is 1. The highest BCUT2D eigenvalue weighted by atomic mass is 16.2. The van der Waals surface area contributed by atoms with Crippen molar-refractivity contribution in [1.29, 1.82) is 0 Å². The highest BCUT2D eigenvalue weighted by Crippen LogP contribution is 2.24. The largest absolute Gasteiger partial charge is 0.398 e. The Morgan fingerprint density at radius 2 is 1.57 bits per heavy atom. The second kappa shape index (κ2) is 10.4. The summed E-state index contributed by atoms with van der Waals surface area (Å²) in [4.78, 5) is 37.2. The molecule has 0 bridgehead atoms. The van der Waals surface area contributed by atoms with Crippen molar-refractivity contribution < 1.29 is 14.6 Å². The Labute approximate surface area is 202 Å². The van der Waals surface area contributed by atoms with Crippen LogP contribution in [-0.2, 0) is 0 Å². The molecule has 8 nitrogen and oxygen atoms in total. The lowest BCUT2D eigenvalue weighted by Gasteiger charge is -2.09. The number of nitrogen functional groups attached to an aromatic ring is 1. The van der Waals surface area contributed by atoms with Gasteiger partial charge in [-0.3, -0.25) is 19.6 Å². The van der Waals surface area contributed by atoms with Gasteiger partial charge in [-0.05, 0) is 67.1 Å². The van der Waals surface area contributed by atoms with Crippen molar-refractivity contribution in [3.63, 3.8) is 0 Å². The molecule has 2 heterocycles. The Balaban J connectivity index is 1.49. The summed E-state index contributed by atoms with van der Waals surface area (Å²) in [6.45, 7) is 1.87. The molecule has 35 heavy (non-hydrogen) atoms. The summed E-state index contributed by atoms with van der Waals surface area (Å²) in [6, 6.07) is 19.2. The molecule has 0 spiro atoms. The molecule has 0 fully saturated rings. The van der Waals surface area contributed by atoms with E-state index in [1.807, 2.05) is 44.3 Å². The zero-order chi connectivity index (χ0) is 24.8. The predicted octanol–water partition coefficient (Wildman–Crippen LogP) is 2.82. The number of hydrogen-bond acceptors (Lipinski definition) is 5. The maximum absolute atomic E-state index is 12.8. The Hall–Kier alpha value is -4.85. The Morgan fingerprint density at radius 3 is 2.29 bits per heavy atom. The SMILES string of the molecule is C[NH+]=C/C=C\c1cccc(NC(=O)c2cccc(C(=O)Nc3ccc4nc(C)cc(N)c4c3)n2)c1. The summed E-state index contributed by atoms with van der Waals surface area (Å²) in [6.07, 6.45) is 5.58. The molecule has 0 atom stereocenters. The van der Waals surface area contributed by atoms with Crippen LogP contribution >= 0.6 is 0 Å². The van der Waals surface area contributed by atoms with Crippen LogP contribution in [0, 0.1) is 6.92 Å². The minimum Gasteiger partial charge on any atom is -0.398 e. The number of aryl methyl sites for hydroxylation is 1. The fraction of sp³-hybridized carbons (Fsp3) is 0.0741. The fourth-order valence-corrected chi connectivity index (χ4v) is 3.52. The maximum atomic E-state index is 12.8. The van der Waals surface area contributed by atoms with Gasteiger partial charge in [0.2, 0.25) is 0 Å². The van der Waals surface area contributed by atoms with Gasteiger partial charge in [-0.25, -0.2) is 4.98 Å². The summed E-state index contributed by atoms with van der Waals surface area (Å²) < 4.78 is 0. The van der Waals surface area contributed by atoms with Crippen molar-refractivity contribution >= 4 is 52.1 Å². The van der Waals surface area contributed by atoms with Gasteiger partial charge in [0.15, 0.2) is 6.21 Å². The van der Waals surface area contributed by atoms with Gasteiger partial charge in [0.25, 0.3) is 11.8 Å². The summed E-state index contributed by atoms with van der Waals surface area (Å²) in [5, 5.41) is 6.38. The average Bonchev–Trinajstić information content (AvgIpc) is 2.85. The molecule has 174 valence electrons. The van der Waals surface area contributed by atoms with E-state index in [4.69, 9.17) is 5.73 Å². The summed E-state index contributed by atoms with van der Waals surface area (Å²) in [5.74, 6) is -0.854. The maximum Gasteiger partial charge on any atom is 0.274 e. The quantitative estimate of drug-likeness (QED) is 0.326. The fourth-order valence-electron chi connectivity index (χ4n) is 3.52. The molecule has 0 saturated carbocycles. The Kier molecular flexibility index (Phi) is 6.92. The third-order valence-electron chi connectivity index (χ3n) is 5.14. The van der Waals surface area contributed by atoms with Gasteiger partial charge in [0.1, 0.15) is 18.4 Å². The standard InChI is InChI=1S/C27H24N6O2/c1-17-14-22(28)21-16-20(11-12-23(21)30-17)32-27(35)25-10-4-9-24(33-25)26(34)31-19-8-3-6-18(15-19)7-5-13-29-2/h3-16H,1-2H3,(H2,28,30)(H,31,34)(H,32,35)/p+1/b7-5-,29-13?. The van der Waals surface area contributed by atoms with Gasteiger partial charge < -0.3 is 16.4 Å². The summed E-state index contributed by atoms with van der Waals surface area (Å²) in [7, 11) is 1.82. The number of nitrogens with zero attached hydrogens (tertiary/aromatic N) is 2. The first kappa shape index (κ1) is 23.3. The first-order valence-electron chi connectivity index (χ1n) is 11.0. The van der Waals surface area contributed by atoms with Crippen molar-refractivity contribution in [1.82, 2.24) is 9.97 Å². The highest BCUT2D eigenvalue weighted by Gasteiger charge is 2.14. The molecule has 0 aliphatic carbocycles. The van der Waals surface area contributed by atoms with Gasteiger partial charge in [-0.15, -0.1) is 0 Å². The third-order valence-corrected chi connectivity index (χ3v) is 5.14. The van der Waals surface area contributed by atoms with Gasteiger partial charge in [0.05, 0.1) is 5.52 Å². The monoisotopic (exact) mass is 465 g/mol. The van der Waals surface area contributed by atoms with Gasteiger partial charge >= 0.3 is 0 Å². The smallest absolute Gasteiger partial charge is 0.274 e. The Morgan fingerprint density at radius 1 is 0.886 bits per heavy atom. The highest BCUT2D eigenvalue weighted by molar-refractivity contribution is 6.07. The topological polar surface area (TPSA) is 124 Å². The van der Waals surface area contributed by atoms with Crippen LogP contribution in [0.5, 0.6) is 0 Å². The van der Waals surface area contributed by atoms with Crippen molar-refractivity contribution in [2.24, 2.45) is 0 Å². The van der Waals surface area contributed by atoms with Crippen LogP contribution in [0.3, 0.4) is 0 Å². The molecular weight excluding hydrogens is 440 g/mol. The number of anilines is 3. The van der Waals surface area contributed by atoms with E-state index >= 15 is 0 Å². The van der Waals surface area contributed by atoms with E-state index in [1.54, 1.807) is 54.7 Å². The first-order valence-corrected chi connectivity index (χ1v) is 11.0. The van der Waals surface area contributed by atoms with E-state index in [0.29, 0.717) is 17.1 Å². The van der Waals surface area contributed by atoms with Crippen LogP contribution in [-0.4, -0.2) is 35.0 Å². The minimum absolute atomic E-state index is 0.118. The molecule has 0 aliphatic rings. The number of rotatable bonds is 6. The Bertz CT molecular complexity index is 1480. The number of allylic oxidation sites excluding steroid dienone is 1. The average molecular weight is 466 g/mol. The number of amides is 2. The van der Waals surface area contributed by atoms with E-state index < -0.39 is 11.8 Å². The number of nitrogens with two attached hydrogens (primary N) is 1. The van der Waals surface area contributed by atoms with Crippen LogP contribution < -0.4 is 21.4 Å². The third kappa shape index (κ3) is 5.75. The zero-order valence-electron chi connectivity index (χ0n) is 19.4. The molecule has 2 aromatic heterocycles. The number of aromatic nitrogens is 2. The lowest BCUT2D eigenvalue weighted by molar-refractivity contribution is -0.413. The van der Waals surface area contributed by atoms with Crippen molar-refractivity contribution in [3.05, 3.63) is 95.5 Å². The van der Waals surface area contributed by atoms with Crippen LogP contribution in [0.1, 0.15) is 32.2 Å². The molecular formula is C27H25N6O2+. The number of carbonyl (C=O) groups is 2. The van der Waals surface area contributed by atoms with Crippen LogP contribution in [0.2, 0.25) is 0 Å². The predicted molar refractivity (Wildman–Crippen MR) is 139 cm³/mol. The van der Waals surface area contributed by atoms with E-state index in [2.05, 4.69) is 25.6 Å². The molecule has 2 amide bonds. The molecule has 2 aromatic carbocycles. The second-order valence-electron chi connectivity index (χ2n) is 7.84. The van der Waals surface area contributed by atoms with E-state index in [1.165, 1.54) is 0 Å². The summed E-state index contributed by atoms with van der Waals surface area (Å²) in [5.41, 5.74) is 10.6. The van der Waals surface area contributed by atoms with Crippen LogP contribution in [0.15, 0.2) is 72.8 Å². The second-order valence-corrected chi connectivity index (χ2v) is 7.84. The van der Waals surface area contributed by atoms with E-state index in [-0.39, 0.29) is 11.4 Å². The molecule has 5 N–H and O–H groups in total. The lowest BCUT2D eigenvalue weighted by atomic mass is 10.1. The molecule has 8 heteroatoms. The van der Waals surface area contributed by atoms with Crippen LogP contribution in [0.4, 0.5) is 17.1 Å². The van der Waals surface area contributed by atoms with Crippen LogP contribution in [0.25, 0.3) is 17.0 Å². The summed E-state index contributed by atoms with van der Waals surface area (Å²) >= 11 is 0. The normalized spacial score (nSPS) is 11.3. The van der Waals surface area contributed by atoms with Gasteiger partial charge in [-0.2, -0.15) is 0 Å². The molecule has 0 saturated heterocycles. The van der Waals surface area contributed by atoms with Crippen molar-refractivity contribution in [2.45, 2.75) is 6.92 Å².